The minimum atomic E-state index is -1.45. The Morgan fingerprint density at radius 2 is 1.71 bits per heavy atom. The van der Waals surface area contributed by atoms with Gasteiger partial charge in [-0.2, -0.15) is 0 Å². The molecule has 0 saturated carbocycles. The number of nitrogens with one attached hydrogen (secondary N) is 1. The second-order valence-corrected chi connectivity index (χ2v) is 4.10. The molecule has 0 bridgehead atoms. The van der Waals surface area contributed by atoms with Gasteiger partial charge in [-0.25, -0.2) is 13.2 Å². The van der Waals surface area contributed by atoms with Crippen LogP contribution in [0.5, 0.6) is 0 Å². The molecule has 5 heteroatoms. The number of hydrogen-bond acceptors (Lipinski definition) is 2. The van der Waals surface area contributed by atoms with Crippen LogP contribution in [0, 0.1) is 17.5 Å². The Morgan fingerprint density at radius 3 is 2.18 bits per heavy atom. The van der Waals surface area contributed by atoms with E-state index < -0.39 is 17.5 Å². The first-order chi connectivity index (χ1) is 7.95. The Kier molecular flexibility index (Phi) is 4.96. The predicted molar refractivity (Wildman–Crippen MR) is 59.0 cm³/mol. The van der Waals surface area contributed by atoms with Gasteiger partial charge in [0.2, 0.25) is 0 Å². The highest BCUT2D eigenvalue weighted by Gasteiger charge is 2.15. The lowest BCUT2D eigenvalue weighted by Crippen LogP contribution is -2.29. The molecule has 0 radical (unpaired) electrons. The van der Waals surface area contributed by atoms with E-state index in [0.717, 1.165) is 12.1 Å². The van der Waals surface area contributed by atoms with E-state index >= 15 is 0 Å². The fourth-order valence-corrected chi connectivity index (χ4v) is 1.63. The Balaban J connectivity index is 2.79. The van der Waals surface area contributed by atoms with Crippen LogP contribution in [0.25, 0.3) is 0 Å². The van der Waals surface area contributed by atoms with Crippen molar-refractivity contribution in [1.29, 1.82) is 0 Å². The van der Waals surface area contributed by atoms with Crippen molar-refractivity contribution < 1.29 is 18.3 Å². The SMILES string of the molecule is CC(N[C@H](C)CCO)c1cc(F)c(F)c(F)c1. The molecular weight excluding hydrogens is 231 g/mol. The minimum Gasteiger partial charge on any atom is -0.396 e. The van der Waals surface area contributed by atoms with E-state index in [-0.39, 0.29) is 18.7 Å². The van der Waals surface area contributed by atoms with Crippen LogP contribution in [0.4, 0.5) is 13.2 Å². The average Bonchev–Trinajstić information content (AvgIpc) is 2.25. The number of aliphatic hydroxyl groups excluding tert-OH is 1. The quantitative estimate of drug-likeness (QED) is 0.784. The van der Waals surface area contributed by atoms with Crippen molar-refractivity contribution in [2.45, 2.75) is 32.4 Å². The first-order valence-corrected chi connectivity index (χ1v) is 5.47. The summed E-state index contributed by atoms with van der Waals surface area (Å²) >= 11 is 0. The molecule has 0 fully saturated rings. The lowest BCUT2D eigenvalue weighted by molar-refractivity contribution is 0.264. The molecule has 2 N–H and O–H groups in total. The van der Waals surface area contributed by atoms with Gasteiger partial charge in [-0.05, 0) is 38.0 Å². The summed E-state index contributed by atoms with van der Waals surface area (Å²) in [7, 11) is 0. The summed E-state index contributed by atoms with van der Waals surface area (Å²) in [5.41, 5.74) is 0.339. The van der Waals surface area contributed by atoms with Gasteiger partial charge in [0.25, 0.3) is 0 Å². The topological polar surface area (TPSA) is 32.3 Å². The van der Waals surface area contributed by atoms with Crippen LogP contribution < -0.4 is 5.32 Å². The van der Waals surface area contributed by atoms with Gasteiger partial charge in [-0.3, -0.25) is 0 Å². The molecule has 1 rings (SSSR count). The van der Waals surface area contributed by atoms with Crippen LogP contribution in [0.15, 0.2) is 12.1 Å². The van der Waals surface area contributed by atoms with E-state index in [1.807, 2.05) is 6.92 Å². The van der Waals surface area contributed by atoms with Gasteiger partial charge < -0.3 is 10.4 Å². The van der Waals surface area contributed by atoms with Gasteiger partial charge in [0.05, 0.1) is 0 Å². The summed E-state index contributed by atoms with van der Waals surface area (Å²) < 4.78 is 38.8. The Morgan fingerprint density at radius 1 is 1.18 bits per heavy atom. The fourth-order valence-electron chi connectivity index (χ4n) is 1.63. The van der Waals surface area contributed by atoms with Crippen molar-refractivity contribution in [2.75, 3.05) is 6.61 Å². The standard InChI is InChI=1S/C12H16F3NO/c1-7(3-4-17)16-8(2)9-5-10(13)12(15)11(14)6-9/h5-8,16-17H,3-4H2,1-2H3/t7-,8?/m1/s1. The summed E-state index contributed by atoms with van der Waals surface area (Å²) in [4.78, 5) is 0. The maximum Gasteiger partial charge on any atom is 0.194 e. The highest BCUT2D eigenvalue weighted by atomic mass is 19.2. The Hall–Kier alpha value is -1.07. The van der Waals surface area contributed by atoms with Crippen LogP contribution in [0.2, 0.25) is 0 Å². The van der Waals surface area contributed by atoms with Crippen LogP contribution in [0.3, 0.4) is 0 Å². The zero-order valence-corrected chi connectivity index (χ0v) is 9.80. The maximum absolute atomic E-state index is 13.0. The van der Waals surface area contributed by atoms with Crippen molar-refractivity contribution in [2.24, 2.45) is 0 Å². The summed E-state index contributed by atoms with van der Waals surface area (Å²) in [6.07, 6.45) is 0.538. The minimum absolute atomic E-state index is 0.00572. The fraction of sp³-hybridized carbons (Fsp3) is 0.500. The molecule has 0 spiro atoms. The average molecular weight is 247 g/mol. The highest BCUT2D eigenvalue weighted by molar-refractivity contribution is 5.22. The maximum atomic E-state index is 13.0. The van der Waals surface area contributed by atoms with Crippen molar-refractivity contribution >= 4 is 0 Å². The molecule has 2 nitrogen and oxygen atoms in total. The molecule has 0 amide bonds. The van der Waals surface area contributed by atoms with Gasteiger partial charge in [-0.15, -0.1) is 0 Å². The van der Waals surface area contributed by atoms with E-state index in [4.69, 9.17) is 5.11 Å². The molecule has 0 aromatic heterocycles. The molecule has 0 saturated heterocycles. The summed E-state index contributed by atoms with van der Waals surface area (Å²) in [6.45, 7) is 3.61. The summed E-state index contributed by atoms with van der Waals surface area (Å²) in [5.74, 6) is -3.84. The zero-order valence-electron chi connectivity index (χ0n) is 9.80. The lowest BCUT2D eigenvalue weighted by atomic mass is 10.1. The molecule has 1 aromatic rings. The molecule has 0 aliphatic rings. The zero-order chi connectivity index (χ0) is 13.0. The van der Waals surface area contributed by atoms with Crippen LogP contribution >= 0.6 is 0 Å². The molecule has 2 atom stereocenters. The molecule has 17 heavy (non-hydrogen) atoms. The van der Waals surface area contributed by atoms with E-state index in [2.05, 4.69) is 5.32 Å². The number of aliphatic hydroxyl groups is 1. The van der Waals surface area contributed by atoms with Crippen molar-refractivity contribution in [1.82, 2.24) is 5.32 Å². The van der Waals surface area contributed by atoms with Crippen LogP contribution in [-0.4, -0.2) is 17.8 Å². The first-order valence-electron chi connectivity index (χ1n) is 5.47. The Labute approximate surface area is 98.5 Å². The second-order valence-electron chi connectivity index (χ2n) is 4.10. The smallest absolute Gasteiger partial charge is 0.194 e. The van der Waals surface area contributed by atoms with Crippen molar-refractivity contribution in [3.8, 4) is 0 Å². The third kappa shape index (κ3) is 3.71. The van der Waals surface area contributed by atoms with Gasteiger partial charge >= 0.3 is 0 Å². The molecule has 1 unspecified atom stereocenters. The lowest BCUT2D eigenvalue weighted by Gasteiger charge is -2.20. The third-order valence-corrected chi connectivity index (χ3v) is 2.60. The van der Waals surface area contributed by atoms with Gasteiger partial charge in [0, 0.05) is 18.7 Å². The third-order valence-electron chi connectivity index (χ3n) is 2.60. The molecule has 96 valence electrons. The van der Waals surface area contributed by atoms with Gasteiger partial charge in [0.15, 0.2) is 17.5 Å². The van der Waals surface area contributed by atoms with E-state index in [1.54, 1.807) is 6.92 Å². The first kappa shape index (κ1) is 14.0. The van der Waals surface area contributed by atoms with Gasteiger partial charge in [-0.1, -0.05) is 0 Å². The number of hydrogen-bond donors (Lipinski definition) is 2. The van der Waals surface area contributed by atoms with E-state index in [9.17, 15) is 13.2 Å². The summed E-state index contributed by atoms with van der Waals surface area (Å²) in [5, 5.41) is 11.8. The normalized spacial score (nSPS) is 14.7. The second kappa shape index (κ2) is 6.02. The van der Waals surface area contributed by atoms with Crippen molar-refractivity contribution in [3.05, 3.63) is 35.1 Å². The molecule has 0 heterocycles. The van der Waals surface area contributed by atoms with Crippen LogP contribution in [-0.2, 0) is 0 Å². The molecular formula is C12H16F3NO. The molecule has 1 aromatic carbocycles. The number of benzene rings is 1. The largest absolute Gasteiger partial charge is 0.396 e. The molecule has 0 aliphatic carbocycles. The number of halogens is 3. The van der Waals surface area contributed by atoms with Crippen LogP contribution in [0.1, 0.15) is 31.9 Å². The Bertz CT molecular complexity index is 361. The number of rotatable bonds is 5. The summed E-state index contributed by atoms with van der Waals surface area (Å²) in [6, 6.07) is 1.64. The highest BCUT2D eigenvalue weighted by Crippen LogP contribution is 2.19. The molecule has 0 aliphatic heterocycles. The van der Waals surface area contributed by atoms with E-state index in [0.29, 0.717) is 12.0 Å². The van der Waals surface area contributed by atoms with Gasteiger partial charge in [0.1, 0.15) is 0 Å². The van der Waals surface area contributed by atoms with Crippen molar-refractivity contribution in [3.63, 3.8) is 0 Å². The predicted octanol–water partition coefficient (Wildman–Crippen LogP) is 2.53. The monoisotopic (exact) mass is 247 g/mol. The van der Waals surface area contributed by atoms with E-state index in [1.165, 1.54) is 0 Å².